The molecule has 0 saturated carbocycles. The highest BCUT2D eigenvalue weighted by Crippen LogP contribution is 2.43. The molecule has 0 heterocycles. The first-order valence-electron chi connectivity index (χ1n) is 23.8. The van der Waals surface area contributed by atoms with Crippen molar-refractivity contribution in [1.82, 2.24) is 0 Å². The largest absolute Gasteiger partial charge is 0.480 e. The molecule has 3 unspecified atom stereocenters. The van der Waals surface area contributed by atoms with Gasteiger partial charge < -0.3 is 25.2 Å². The fourth-order valence-corrected chi connectivity index (χ4v) is 7.06. The maximum atomic E-state index is 12.7. The predicted octanol–water partition coefficient (Wildman–Crippen LogP) is 13.1. The molecule has 3 atom stereocenters. The Kier molecular flexibility index (Phi) is 41.8. The van der Waals surface area contributed by atoms with Crippen molar-refractivity contribution in [2.24, 2.45) is 5.73 Å². The number of carbonyl (C=O) groups is 3. The maximum Gasteiger partial charge on any atom is 0.472 e. The van der Waals surface area contributed by atoms with Crippen LogP contribution in [-0.4, -0.2) is 59.9 Å². The highest BCUT2D eigenvalue weighted by Gasteiger charge is 2.28. The van der Waals surface area contributed by atoms with E-state index in [0.29, 0.717) is 12.8 Å². The third-order valence-corrected chi connectivity index (χ3v) is 11.0. The van der Waals surface area contributed by atoms with Gasteiger partial charge in [0, 0.05) is 12.8 Å². The van der Waals surface area contributed by atoms with Gasteiger partial charge in [-0.05, 0) is 77.0 Å². The van der Waals surface area contributed by atoms with Crippen LogP contribution in [0.5, 0.6) is 0 Å². The number of unbranched alkanes of at least 4 members (excludes halogenated alkanes) is 20. The van der Waals surface area contributed by atoms with E-state index in [1.807, 2.05) is 0 Å². The van der Waals surface area contributed by atoms with E-state index < -0.39 is 51.1 Å². The van der Waals surface area contributed by atoms with Gasteiger partial charge in [0.25, 0.3) is 0 Å². The summed E-state index contributed by atoms with van der Waals surface area (Å²) < 4.78 is 32.8. The van der Waals surface area contributed by atoms with Crippen LogP contribution in [-0.2, 0) is 37.5 Å². The summed E-state index contributed by atoms with van der Waals surface area (Å²) in [7, 11) is -4.73. The number of allylic oxidation sites excluding steroid dienone is 10. The fourth-order valence-electron chi connectivity index (χ4n) is 6.29. The molecular formula is C49H86NO10P. The lowest BCUT2D eigenvalue weighted by molar-refractivity contribution is -0.161. The summed E-state index contributed by atoms with van der Waals surface area (Å²) in [6, 6.07) is -1.53. The summed E-state index contributed by atoms with van der Waals surface area (Å²) in [5.74, 6) is -2.40. The van der Waals surface area contributed by atoms with Gasteiger partial charge in [-0.2, -0.15) is 0 Å². The van der Waals surface area contributed by atoms with Gasteiger partial charge in [0.1, 0.15) is 12.6 Å². The summed E-state index contributed by atoms with van der Waals surface area (Å²) in [6.07, 6.45) is 51.3. The van der Waals surface area contributed by atoms with Crippen LogP contribution in [0.15, 0.2) is 60.8 Å². The Labute approximate surface area is 370 Å². The van der Waals surface area contributed by atoms with Gasteiger partial charge in [0.2, 0.25) is 0 Å². The molecule has 0 fully saturated rings. The third-order valence-electron chi connectivity index (χ3n) is 10.00. The zero-order valence-electron chi connectivity index (χ0n) is 38.2. The summed E-state index contributed by atoms with van der Waals surface area (Å²) in [4.78, 5) is 46.1. The average molecular weight is 880 g/mol. The molecule has 0 bridgehead atoms. The molecule has 0 saturated heterocycles. The number of carboxylic acid groups (broad SMARTS) is 1. The minimum Gasteiger partial charge on any atom is -0.480 e. The number of phosphoric acid groups is 1. The fraction of sp³-hybridized carbons (Fsp3) is 0.735. The molecular weight excluding hydrogens is 794 g/mol. The van der Waals surface area contributed by atoms with Crippen molar-refractivity contribution in [3.8, 4) is 0 Å². The number of phosphoric ester groups is 1. The van der Waals surface area contributed by atoms with Gasteiger partial charge in [0.05, 0.1) is 13.2 Å². The van der Waals surface area contributed by atoms with Crippen molar-refractivity contribution in [3.05, 3.63) is 60.8 Å². The molecule has 4 N–H and O–H groups in total. The molecule has 0 spiro atoms. The molecule has 0 aromatic rings. The number of nitrogens with two attached hydrogens (primary N) is 1. The van der Waals surface area contributed by atoms with Crippen LogP contribution in [0.1, 0.15) is 200 Å². The number of aliphatic carboxylic acids is 1. The smallest absolute Gasteiger partial charge is 0.472 e. The number of carboxylic acids is 1. The molecule has 0 radical (unpaired) electrons. The molecule has 11 nitrogen and oxygen atoms in total. The lowest BCUT2D eigenvalue weighted by Gasteiger charge is -2.20. The Morgan fingerprint density at radius 1 is 0.525 bits per heavy atom. The Hall–Kier alpha value is -2.82. The monoisotopic (exact) mass is 880 g/mol. The van der Waals surface area contributed by atoms with Crippen LogP contribution in [0.4, 0.5) is 0 Å². The number of hydrogen-bond donors (Lipinski definition) is 3. The van der Waals surface area contributed by atoms with Crippen molar-refractivity contribution in [3.63, 3.8) is 0 Å². The summed E-state index contributed by atoms with van der Waals surface area (Å²) in [5.41, 5.74) is 5.34. The normalized spacial score (nSPS) is 14.2. The lowest BCUT2D eigenvalue weighted by Crippen LogP contribution is -2.34. The summed E-state index contributed by atoms with van der Waals surface area (Å²) in [6.45, 7) is 2.68. The lowest BCUT2D eigenvalue weighted by atomic mass is 10.1. The zero-order chi connectivity index (χ0) is 44.9. The van der Waals surface area contributed by atoms with Crippen LogP contribution in [0, 0.1) is 0 Å². The SMILES string of the molecule is CC/C=C\C/C=C\C/C=C\C/C=C\CCCCCCCCC(=O)OC(COC(=O)CCCCCCCCC/C=C\CCCCCCCCC)COP(=O)(O)OCC(N)C(=O)O. The van der Waals surface area contributed by atoms with Gasteiger partial charge in [-0.3, -0.25) is 23.4 Å². The van der Waals surface area contributed by atoms with Gasteiger partial charge >= 0.3 is 25.7 Å². The van der Waals surface area contributed by atoms with E-state index in [2.05, 4.69) is 79.1 Å². The molecule has 0 aliphatic heterocycles. The number of carbonyl (C=O) groups excluding carboxylic acids is 2. The van der Waals surface area contributed by atoms with Crippen LogP contribution in [0.3, 0.4) is 0 Å². The third kappa shape index (κ3) is 43.6. The highest BCUT2D eigenvalue weighted by atomic mass is 31.2. The van der Waals surface area contributed by atoms with Crippen molar-refractivity contribution < 1.29 is 47.5 Å². The van der Waals surface area contributed by atoms with E-state index in [9.17, 15) is 23.8 Å². The maximum absolute atomic E-state index is 12.7. The molecule has 0 aromatic carbocycles. The molecule has 0 aliphatic rings. The van der Waals surface area contributed by atoms with Crippen molar-refractivity contribution in [2.45, 2.75) is 212 Å². The number of ether oxygens (including phenoxy) is 2. The topological polar surface area (TPSA) is 172 Å². The number of hydrogen-bond acceptors (Lipinski definition) is 9. The van der Waals surface area contributed by atoms with Gasteiger partial charge in [0.15, 0.2) is 6.10 Å². The molecule has 0 aromatic heterocycles. The van der Waals surface area contributed by atoms with Crippen LogP contribution >= 0.6 is 7.82 Å². The number of esters is 2. The quantitative estimate of drug-likeness (QED) is 0.0230. The second kappa shape index (κ2) is 43.8. The molecule has 0 rings (SSSR count). The minimum atomic E-state index is -4.73. The van der Waals surface area contributed by atoms with E-state index in [-0.39, 0.29) is 19.4 Å². The second-order valence-electron chi connectivity index (χ2n) is 15.9. The second-order valence-corrected chi connectivity index (χ2v) is 17.3. The van der Waals surface area contributed by atoms with Crippen LogP contribution in [0.25, 0.3) is 0 Å². The molecule has 12 heteroatoms. The van der Waals surface area contributed by atoms with E-state index >= 15 is 0 Å². The Balaban J connectivity index is 4.34. The first-order valence-corrected chi connectivity index (χ1v) is 25.3. The van der Waals surface area contributed by atoms with Crippen molar-refractivity contribution in [1.29, 1.82) is 0 Å². The average Bonchev–Trinajstić information content (AvgIpc) is 3.24. The molecule has 0 aliphatic carbocycles. The number of rotatable bonds is 44. The Morgan fingerprint density at radius 3 is 1.39 bits per heavy atom. The van der Waals surface area contributed by atoms with Crippen LogP contribution < -0.4 is 5.73 Å². The molecule has 352 valence electrons. The van der Waals surface area contributed by atoms with E-state index in [0.717, 1.165) is 89.9 Å². The van der Waals surface area contributed by atoms with Gasteiger partial charge in [-0.25, -0.2) is 4.57 Å². The van der Waals surface area contributed by atoms with Crippen LogP contribution in [0.2, 0.25) is 0 Å². The van der Waals surface area contributed by atoms with E-state index in [1.54, 1.807) is 0 Å². The molecule has 0 amide bonds. The standard InChI is InChI=1S/C49H86NO10P/c1-3-5-7-9-11-13-15-17-19-21-23-25-27-29-31-33-35-37-39-41-48(52)60-45(43-58-61(55,56)59-44-46(50)49(53)54)42-57-47(51)40-38-36-34-32-30-28-26-24-22-20-18-16-14-12-10-8-6-4-2/h5,7,11,13,17,19-20,22-23,25,45-46H,3-4,6,8-10,12,14-16,18,21,24,26-44,50H2,1-2H3,(H,53,54)(H,55,56)/b7-5-,13-11-,19-17-,22-20-,25-23-. The van der Waals surface area contributed by atoms with E-state index in [4.69, 9.17) is 24.8 Å². The van der Waals surface area contributed by atoms with Gasteiger partial charge in [-0.1, -0.05) is 171 Å². The van der Waals surface area contributed by atoms with Crippen molar-refractivity contribution in [2.75, 3.05) is 19.8 Å². The van der Waals surface area contributed by atoms with E-state index in [1.165, 1.54) is 70.6 Å². The Morgan fingerprint density at radius 2 is 0.918 bits per heavy atom. The first kappa shape index (κ1) is 58.2. The molecule has 61 heavy (non-hydrogen) atoms. The zero-order valence-corrected chi connectivity index (χ0v) is 39.1. The predicted molar refractivity (Wildman–Crippen MR) is 249 cm³/mol. The summed E-state index contributed by atoms with van der Waals surface area (Å²) in [5, 5.41) is 8.91. The van der Waals surface area contributed by atoms with Gasteiger partial charge in [-0.15, -0.1) is 0 Å². The van der Waals surface area contributed by atoms with Crippen molar-refractivity contribution >= 4 is 25.7 Å². The Bertz CT molecular complexity index is 1260. The first-order chi connectivity index (χ1) is 29.6. The minimum absolute atomic E-state index is 0.142. The highest BCUT2D eigenvalue weighted by molar-refractivity contribution is 7.47. The summed E-state index contributed by atoms with van der Waals surface area (Å²) >= 11 is 0.